The van der Waals surface area contributed by atoms with E-state index in [0.717, 1.165) is 28.5 Å². The summed E-state index contributed by atoms with van der Waals surface area (Å²) in [5, 5.41) is 9.66. The highest BCUT2D eigenvalue weighted by Gasteiger charge is 2.38. The van der Waals surface area contributed by atoms with Gasteiger partial charge in [-0.05, 0) is 30.4 Å². The number of benzene rings is 1. The molecule has 112 valence electrons. The molecule has 0 aliphatic heterocycles. The number of para-hydroxylation sites is 1. The highest BCUT2D eigenvalue weighted by atomic mass is 32.2. The lowest BCUT2D eigenvalue weighted by Gasteiger charge is -2.13. The number of carboxylic acid groups (broad SMARTS) is 1. The first-order valence-corrected chi connectivity index (χ1v) is 7.89. The molecule has 1 aromatic heterocycles. The van der Waals surface area contributed by atoms with Gasteiger partial charge in [0, 0.05) is 6.54 Å². The third-order valence-electron chi connectivity index (χ3n) is 3.89. The fourth-order valence-electron chi connectivity index (χ4n) is 2.41. The van der Waals surface area contributed by atoms with Crippen LogP contribution in [-0.2, 0) is 11.3 Å². The lowest BCUT2D eigenvalue weighted by atomic mass is 10.1. The van der Waals surface area contributed by atoms with E-state index in [2.05, 4.69) is 16.5 Å². The lowest BCUT2D eigenvalue weighted by Crippen LogP contribution is -2.10. The van der Waals surface area contributed by atoms with Gasteiger partial charge in [-0.15, -0.1) is 0 Å². The van der Waals surface area contributed by atoms with Crippen molar-refractivity contribution in [3.63, 3.8) is 0 Å². The Morgan fingerprint density at radius 1 is 1.52 bits per heavy atom. The van der Waals surface area contributed by atoms with Crippen LogP contribution >= 0.6 is 11.8 Å². The molecule has 0 saturated heterocycles. The summed E-state index contributed by atoms with van der Waals surface area (Å²) >= 11 is 1.27. The van der Waals surface area contributed by atoms with Crippen LogP contribution in [0.25, 0.3) is 11.0 Å². The van der Waals surface area contributed by atoms with Crippen molar-refractivity contribution in [2.24, 2.45) is 5.41 Å². The summed E-state index contributed by atoms with van der Waals surface area (Å²) in [4.78, 5) is 15.4. The SMILES string of the molecule is COc1cccc2c1nc(SCC(=O)O)n2CC1(C)CC1. The van der Waals surface area contributed by atoms with Crippen molar-refractivity contribution in [3.8, 4) is 5.75 Å². The Kier molecular flexibility index (Phi) is 3.57. The van der Waals surface area contributed by atoms with Gasteiger partial charge in [0.1, 0.15) is 11.3 Å². The van der Waals surface area contributed by atoms with Gasteiger partial charge in [0.2, 0.25) is 0 Å². The predicted molar refractivity (Wildman–Crippen MR) is 82.0 cm³/mol. The quantitative estimate of drug-likeness (QED) is 0.831. The lowest BCUT2D eigenvalue weighted by molar-refractivity contribution is -0.133. The molecule has 1 aliphatic rings. The third kappa shape index (κ3) is 2.85. The minimum absolute atomic E-state index is 0.0162. The van der Waals surface area contributed by atoms with E-state index in [1.807, 2.05) is 18.2 Å². The van der Waals surface area contributed by atoms with Gasteiger partial charge in [0.15, 0.2) is 5.16 Å². The summed E-state index contributed by atoms with van der Waals surface area (Å²) in [6, 6.07) is 5.84. The molecule has 2 aromatic rings. The number of rotatable bonds is 6. The number of nitrogens with zero attached hydrogens (tertiary/aromatic N) is 2. The number of fused-ring (bicyclic) bond motifs is 1. The van der Waals surface area contributed by atoms with Crippen LogP contribution in [0.15, 0.2) is 23.4 Å². The Bertz CT molecular complexity index is 692. The largest absolute Gasteiger partial charge is 0.494 e. The van der Waals surface area contributed by atoms with Crippen LogP contribution in [0.2, 0.25) is 0 Å². The number of hydrogen-bond acceptors (Lipinski definition) is 4. The van der Waals surface area contributed by atoms with Gasteiger partial charge in [-0.1, -0.05) is 24.8 Å². The molecular weight excluding hydrogens is 288 g/mol. The van der Waals surface area contributed by atoms with E-state index in [1.54, 1.807) is 7.11 Å². The number of methoxy groups -OCH3 is 1. The van der Waals surface area contributed by atoms with Crippen LogP contribution in [0.5, 0.6) is 5.75 Å². The molecule has 1 saturated carbocycles. The first kappa shape index (κ1) is 14.3. The summed E-state index contributed by atoms with van der Waals surface area (Å²) < 4.78 is 7.50. The Hall–Kier alpha value is -1.69. The Morgan fingerprint density at radius 2 is 2.29 bits per heavy atom. The van der Waals surface area contributed by atoms with Crippen molar-refractivity contribution >= 4 is 28.8 Å². The molecule has 0 radical (unpaired) electrons. The highest BCUT2D eigenvalue weighted by molar-refractivity contribution is 7.99. The second-order valence-electron chi connectivity index (χ2n) is 5.80. The number of hydrogen-bond donors (Lipinski definition) is 1. The number of carboxylic acids is 1. The molecule has 3 rings (SSSR count). The van der Waals surface area contributed by atoms with Crippen LogP contribution in [0.1, 0.15) is 19.8 Å². The van der Waals surface area contributed by atoms with E-state index in [4.69, 9.17) is 9.84 Å². The smallest absolute Gasteiger partial charge is 0.313 e. The second-order valence-corrected chi connectivity index (χ2v) is 6.74. The normalized spacial score (nSPS) is 16.1. The van der Waals surface area contributed by atoms with Gasteiger partial charge in [0.05, 0.1) is 18.4 Å². The summed E-state index contributed by atoms with van der Waals surface area (Å²) in [6.45, 7) is 3.13. The molecule has 0 amide bonds. The standard InChI is InChI=1S/C15H18N2O3S/c1-15(6-7-15)9-17-10-4-3-5-11(20-2)13(10)16-14(17)21-8-12(18)19/h3-5H,6-9H2,1-2H3,(H,18,19). The molecule has 1 N–H and O–H groups in total. The minimum atomic E-state index is -0.830. The van der Waals surface area contributed by atoms with Gasteiger partial charge in [-0.2, -0.15) is 0 Å². The highest BCUT2D eigenvalue weighted by Crippen LogP contribution is 2.47. The number of thioether (sulfide) groups is 1. The van der Waals surface area contributed by atoms with Crippen molar-refractivity contribution in [3.05, 3.63) is 18.2 Å². The van der Waals surface area contributed by atoms with E-state index in [0.29, 0.717) is 5.41 Å². The fourth-order valence-corrected chi connectivity index (χ4v) is 3.13. The molecule has 6 heteroatoms. The zero-order valence-corrected chi connectivity index (χ0v) is 12.9. The van der Waals surface area contributed by atoms with Crippen LogP contribution in [-0.4, -0.2) is 33.5 Å². The molecular formula is C15H18N2O3S. The summed E-state index contributed by atoms with van der Waals surface area (Å²) in [6.07, 6.45) is 2.42. The number of aliphatic carboxylic acids is 1. The third-order valence-corrected chi connectivity index (χ3v) is 4.86. The maximum atomic E-state index is 10.8. The Balaban J connectivity index is 2.05. The average Bonchev–Trinajstić information content (AvgIpc) is 3.08. The van der Waals surface area contributed by atoms with Gasteiger partial charge in [-0.25, -0.2) is 4.98 Å². The topological polar surface area (TPSA) is 64.3 Å². The first-order chi connectivity index (χ1) is 10.0. The monoisotopic (exact) mass is 306 g/mol. The van der Waals surface area contributed by atoms with Gasteiger partial charge in [-0.3, -0.25) is 4.79 Å². The van der Waals surface area contributed by atoms with Crippen molar-refractivity contribution in [1.29, 1.82) is 0 Å². The number of carbonyl (C=O) groups is 1. The molecule has 21 heavy (non-hydrogen) atoms. The second kappa shape index (κ2) is 5.26. The summed E-state index contributed by atoms with van der Waals surface area (Å²) in [5.74, 6) is -0.0879. The van der Waals surface area contributed by atoms with E-state index >= 15 is 0 Å². The van der Waals surface area contributed by atoms with Crippen LogP contribution in [0.3, 0.4) is 0 Å². The number of aromatic nitrogens is 2. The minimum Gasteiger partial charge on any atom is -0.494 e. The van der Waals surface area contributed by atoms with Crippen LogP contribution in [0, 0.1) is 5.41 Å². The van der Waals surface area contributed by atoms with E-state index in [1.165, 1.54) is 24.6 Å². The summed E-state index contributed by atoms with van der Waals surface area (Å²) in [7, 11) is 1.63. The summed E-state index contributed by atoms with van der Waals surface area (Å²) in [5.41, 5.74) is 2.13. The molecule has 5 nitrogen and oxygen atoms in total. The van der Waals surface area contributed by atoms with Crippen LogP contribution in [0.4, 0.5) is 0 Å². The molecule has 1 aliphatic carbocycles. The zero-order chi connectivity index (χ0) is 15.0. The molecule has 1 heterocycles. The van der Waals surface area contributed by atoms with E-state index in [-0.39, 0.29) is 5.75 Å². The van der Waals surface area contributed by atoms with Crippen molar-refractivity contribution in [1.82, 2.24) is 9.55 Å². The molecule has 0 spiro atoms. The van der Waals surface area contributed by atoms with Gasteiger partial charge in [0.25, 0.3) is 0 Å². The molecule has 1 aromatic carbocycles. The fraction of sp³-hybridized carbons (Fsp3) is 0.467. The van der Waals surface area contributed by atoms with Crippen molar-refractivity contribution in [2.45, 2.75) is 31.5 Å². The maximum absolute atomic E-state index is 10.8. The number of imidazole rings is 1. The van der Waals surface area contributed by atoms with Gasteiger partial charge >= 0.3 is 5.97 Å². The van der Waals surface area contributed by atoms with Gasteiger partial charge < -0.3 is 14.4 Å². The van der Waals surface area contributed by atoms with Crippen LogP contribution < -0.4 is 4.74 Å². The zero-order valence-electron chi connectivity index (χ0n) is 12.1. The molecule has 0 bridgehead atoms. The molecule has 0 atom stereocenters. The van der Waals surface area contributed by atoms with Crippen molar-refractivity contribution < 1.29 is 14.6 Å². The Morgan fingerprint density at radius 3 is 2.90 bits per heavy atom. The van der Waals surface area contributed by atoms with Crippen molar-refractivity contribution in [2.75, 3.05) is 12.9 Å². The Labute approximate surface area is 127 Å². The average molecular weight is 306 g/mol. The molecule has 1 fully saturated rings. The first-order valence-electron chi connectivity index (χ1n) is 6.90. The van der Waals surface area contributed by atoms with E-state index in [9.17, 15) is 4.79 Å². The maximum Gasteiger partial charge on any atom is 0.313 e. The van der Waals surface area contributed by atoms with E-state index < -0.39 is 5.97 Å². The predicted octanol–water partition coefficient (Wildman–Crippen LogP) is 3.02. The number of ether oxygens (including phenoxy) is 1. The molecule has 0 unspecified atom stereocenters.